The molecule has 2 saturated heterocycles. The Labute approximate surface area is 136 Å². The van der Waals surface area contributed by atoms with Crippen molar-refractivity contribution in [3.8, 4) is 0 Å². The van der Waals surface area contributed by atoms with Crippen LogP contribution in [0.25, 0.3) is 0 Å². The molecule has 0 bridgehead atoms. The lowest BCUT2D eigenvalue weighted by Gasteiger charge is -2.36. The number of amides is 2. The van der Waals surface area contributed by atoms with Crippen molar-refractivity contribution in [2.45, 2.75) is 19.4 Å². The van der Waals surface area contributed by atoms with Gasteiger partial charge in [0.05, 0.1) is 24.8 Å². The van der Waals surface area contributed by atoms with Crippen LogP contribution in [0.15, 0.2) is 24.3 Å². The zero-order valence-electron chi connectivity index (χ0n) is 13.4. The van der Waals surface area contributed by atoms with Gasteiger partial charge in [-0.1, -0.05) is 17.7 Å². The highest BCUT2D eigenvalue weighted by Gasteiger charge is 2.43. The van der Waals surface area contributed by atoms with Gasteiger partial charge in [-0.25, -0.2) is 4.90 Å². The first-order valence-electron chi connectivity index (χ1n) is 8.11. The molecular formula is C17H23N3O3. The lowest BCUT2D eigenvalue weighted by molar-refractivity contribution is -0.123. The summed E-state index contributed by atoms with van der Waals surface area (Å²) >= 11 is 0. The highest BCUT2D eigenvalue weighted by atomic mass is 16.3. The van der Waals surface area contributed by atoms with E-state index in [2.05, 4.69) is 9.80 Å². The number of hydrogen-bond acceptors (Lipinski definition) is 5. The summed E-state index contributed by atoms with van der Waals surface area (Å²) in [5.74, 6) is -0.240. The summed E-state index contributed by atoms with van der Waals surface area (Å²) in [5.41, 5.74) is 1.76. The van der Waals surface area contributed by atoms with Crippen molar-refractivity contribution in [1.82, 2.24) is 9.80 Å². The van der Waals surface area contributed by atoms with Gasteiger partial charge in [0.1, 0.15) is 0 Å². The van der Waals surface area contributed by atoms with Crippen LogP contribution in [-0.4, -0.2) is 72.1 Å². The number of rotatable bonds is 4. The van der Waals surface area contributed by atoms with Gasteiger partial charge in [0.15, 0.2) is 0 Å². The van der Waals surface area contributed by atoms with Gasteiger partial charge in [0, 0.05) is 32.7 Å². The first kappa shape index (κ1) is 16.1. The molecule has 1 unspecified atom stereocenters. The molecule has 1 aromatic carbocycles. The Morgan fingerprint density at radius 2 is 1.74 bits per heavy atom. The summed E-state index contributed by atoms with van der Waals surface area (Å²) in [6.45, 7) is 5.96. The smallest absolute Gasteiger partial charge is 0.251 e. The molecule has 124 valence electrons. The third-order valence-corrected chi connectivity index (χ3v) is 4.68. The van der Waals surface area contributed by atoms with Crippen molar-refractivity contribution >= 4 is 17.5 Å². The van der Waals surface area contributed by atoms with Crippen LogP contribution in [0.4, 0.5) is 5.69 Å². The van der Waals surface area contributed by atoms with Gasteiger partial charge in [-0.15, -0.1) is 0 Å². The second-order valence-corrected chi connectivity index (χ2v) is 6.22. The number of aryl methyl sites for hydroxylation is 1. The summed E-state index contributed by atoms with van der Waals surface area (Å²) in [7, 11) is 0. The van der Waals surface area contributed by atoms with Crippen LogP contribution in [-0.2, 0) is 9.59 Å². The van der Waals surface area contributed by atoms with E-state index in [1.165, 1.54) is 4.90 Å². The molecule has 0 radical (unpaired) electrons. The van der Waals surface area contributed by atoms with Gasteiger partial charge < -0.3 is 5.11 Å². The topological polar surface area (TPSA) is 64.1 Å². The number of hydrogen-bond donors (Lipinski definition) is 1. The standard InChI is InChI=1S/C17H23N3O3/c1-13-2-4-14(5-3-13)20-16(22)12-15(17(20)23)19-8-6-18(7-9-19)10-11-21/h2-5,15,21H,6-12H2,1H3. The highest BCUT2D eigenvalue weighted by molar-refractivity contribution is 6.22. The molecule has 2 amide bonds. The Morgan fingerprint density at radius 1 is 1.09 bits per heavy atom. The van der Waals surface area contributed by atoms with Gasteiger partial charge in [-0.05, 0) is 19.1 Å². The minimum absolute atomic E-state index is 0.116. The van der Waals surface area contributed by atoms with E-state index in [9.17, 15) is 9.59 Å². The summed E-state index contributed by atoms with van der Waals surface area (Å²) in [4.78, 5) is 30.6. The van der Waals surface area contributed by atoms with Crippen LogP contribution in [0.3, 0.4) is 0 Å². The van der Waals surface area contributed by atoms with Gasteiger partial charge in [0.25, 0.3) is 5.91 Å². The van der Waals surface area contributed by atoms with Crippen LogP contribution < -0.4 is 4.90 Å². The third kappa shape index (κ3) is 3.29. The van der Waals surface area contributed by atoms with E-state index in [0.29, 0.717) is 12.2 Å². The Morgan fingerprint density at radius 3 is 2.35 bits per heavy atom. The molecular weight excluding hydrogens is 294 g/mol. The molecule has 1 atom stereocenters. The molecule has 6 nitrogen and oxygen atoms in total. The molecule has 0 aromatic heterocycles. The molecule has 0 saturated carbocycles. The van der Waals surface area contributed by atoms with E-state index in [1.807, 2.05) is 31.2 Å². The Hall–Kier alpha value is -1.76. The number of carbonyl (C=O) groups excluding carboxylic acids is 2. The maximum absolute atomic E-state index is 12.7. The molecule has 2 aliphatic rings. The molecule has 2 heterocycles. The number of anilines is 1. The number of carbonyl (C=O) groups is 2. The van der Waals surface area contributed by atoms with Crippen LogP contribution in [0, 0.1) is 6.92 Å². The number of aliphatic hydroxyl groups excluding tert-OH is 1. The van der Waals surface area contributed by atoms with Crippen LogP contribution in [0.5, 0.6) is 0 Å². The number of piperazine rings is 1. The summed E-state index contributed by atoms with van der Waals surface area (Å²) in [6, 6.07) is 7.13. The number of nitrogens with zero attached hydrogens (tertiary/aromatic N) is 3. The van der Waals surface area contributed by atoms with Crippen molar-refractivity contribution < 1.29 is 14.7 Å². The maximum atomic E-state index is 12.7. The first-order chi connectivity index (χ1) is 11.1. The molecule has 2 fully saturated rings. The predicted molar refractivity (Wildman–Crippen MR) is 87.2 cm³/mol. The van der Waals surface area contributed by atoms with Crippen molar-refractivity contribution in [2.24, 2.45) is 0 Å². The van der Waals surface area contributed by atoms with Crippen LogP contribution in [0.1, 0.15) is 12.0 Å². The fourth-order valence-electron chi connectivity index (χ4n) is 3.31. The number of benzene rings is 1. The SMILES string of the molecule is Cc1ccc(N2C(=O)CC(N3CCN(CCO)CC3)C2=O)cc1. The van der Waals surface area contributed by atoms with Gasteiger partial charge >= 0.3 is 0 Å². The summed E-state index contributed by atoms with van der Waals surface area (Å²) < 4.78 is 0. The van der Waals surface area contributed by atoms with Gasteiger partial charge in [-0.3, -0.25) is 19.4 Å². The van der Waals surface area contributed by atoms with Crippen molar-refractivity contribution in [3.05, 3.63) is 29.8 Å². The van der Waals surface area contributed by atoms with Crippen molar-refractivity contribution in [3.63, 3.8) is 0 Å². The second kappa shape index (κ2) is 6.78. The summed E-state index contributed by atoms with van der Waals surface area (Å²) in [6.07, 6.45) is 0.257. The van der Waals surface area contributed by atoms with E-state index in [4.69, 9.17) is 5.11 Å². The molecule has 1 N–H and O–H groups in total. The molecule has 23 heavy (non-hydrogen) atoms. The zero-order valence-corrected chi connectivity index (χ0v) is 13.4. The molecule has 0 spiro atoms. The molecule has 2 aliphatic heterocycles. The van der Waals surface area contributed by atoms with Crippen LogP contribution >= 0.6 is 0 Å². The predicted octanol–water partition coefficient (Wildman–Crippen LogP) is 0.237. The normalized spacial score (nSPS) is 23.7. The number of β-amino-alcohol motifs (C(OH)–C–C–N with tert-alkyl or cyclic N) is 1. The number of aliphatic hydroxyl groups is 1. The molecule has 3 rings (SSSR count). The minimum atomic E-state index is -0.347. The quantitative estimate of drug-likeness (QED) is 0.806. The van der Waals surface area contributed by atoms with Crippen LogP contribution in [0.2, 0.25) is 0 Å². The lowest BCUT2D eigenvalue weighted by atomic mass is 10.1. The van der Waals surface area contributed by atoms with Gasteiger partial charge in [0.2, 0.25) is 5.91 Å². The monoisotopic (exact) mass is 317 g/mol. The van der Waals surface area contributed by atoms with E-state index in [-0.39, 0.29) is 30.9 Å². The summed E-state index contributed by atoms with van der Waals surface area (Å²) in [5, 5.41) is 8.99. The lowest BCUT2D eigenvalue weighted by Crippen LogP contribution is -2.52. The third-order valence-electron chi connectivity index (χ3n) is 4.68. The second-order valence-electron chi connectivity index (χ2n) is 6.22. The number of imide groups is 1. The Kier molecular flexibility index (Phi) is 4.75. The van der Waals surface area contributed by atoms with Gasteiger partial charge in [-0.2, -0.15) is 0 Å². The molecule has 6 heteroatoms. The molecule has 1 aromatic rings. The van der Waals surface area contributed by atoms with Crippen molar-refractivity contribution in [1.29, 1.82) is 0 Å². The Bertz CT molecular complexity index is 579. The maximum Gasteiger partial charge on any atom is 0.251 e. The Balaban J connectivity index is 1.68. The van der Waals surface area contributed by atoms with E-state index >= 15 is 0 Å². The first-order valence-corrected chi connectivity index (χ1v) is 8.11. The largest absolute Gasteiger partial charge is 0.395 e. The fraction of sp³-hybridized carbons (Fsp3) is 0.529. The molecule has 0 aliphatic carbocycles. The minimum Gasteiger partial charge on any atom is -0.395 e. The van der Waals surface area contributed by atoms with E-state index < -0.39 is 0 Å². The zero-order chi connectivity index (χ0) is 16.4. The fourth-order valence-corrected chi connectivity index (χ4v) is 3.31. The average molecular weight is 317 g/mol. The van der Waals surface area contributed by atoms with E-state index in [0.717, 1.165) is 31.7 Å². The highest BCUT2D eigenvalue weighted by Crippen LogP contribution is 2.26. The van der Waals surface area contributed by atoms with E-state index in [1.54, 1.807) is 0 Å². The average Bonchev–Trinajstić information content (AvgIpc) is 2.84. The van der Waals surface area contributed by atoms with Crippen molar-refractivity contribution in [2.75, 3.05) is 44.2 Å².